The Bertz CT molecular complexity index is 518. The van der Waals surface area contributed by atoms with Crippen LogP contribution in [-0.4, -0.2) is 41.8 Å². The van der Waals surface area contributed by atoms with Gasteiger partial charge in [0.15, 0.2) is 0 Å². The number of likely N-dealkylation sites (tertiary alicyclic amines) is 1. The van der Waals surface area contributed by atoms with Crippen molar-refractivity contribution in [3.05, 3.63) is 35.6 Å². The van der Waals surface area contributed by atoms with E-state index in [9.17, 15) is 27.5 Å². The zero-order valence-corrected chi connectivity index (χ0v) is 11.1. The fraction of sp³-hybridized carbons (Fsp3) is 0.500. The number of amides is 1. The molecule has 1 saturated heterocycles. The molecule has 7 heteroatoms. The number of hydrogen-bond acceptors (Lipinski definition) is 2. The van der Waals surface area contributed by atoms with Crippen molar-refractivity contribution in [1.29, 1.82) is 0 Å². The van der Waals surface area contributed by atoms with Crippen molar-refractivity contribution in [2.75, 3.05) is 19.7 Å². The Kier molecular flexibility index (Phi) is 4.51. The lowest BCUT2D eigenvalue weighted by atomic mass is 9.81. The monoisotopic (exact) mass is 305 g/mol. The van der Waals surface area contributed by atoms with Crippen LogP contribution in [0.2, 0.25) is 0 Å². The number of halogens is 4. The van der Waals surface area contributed by atoms with Gasteiger partial charge in [-0.1, -0.05) is 12.1 Å². The fourth-order valence-electron chi connectivity index (χ4n) is 2.76. The maximum atomic E-state index is 13.2. The normalized spacial score (nSPS) is 23.2. The third-order valence-electron chi connectivity index (χ3n) is 3.78. The minimum atomic E-state index is -4.91. The van der Waals surface area contributed by atoms with E-state index in [1.807, 2.05) is 0 Å². The van der Waals surface area contributed by atoms with Gasteiger partial charge in [0.25, 0.3) is 0 Å². The largest absolute Gasteiger partial charge is 0.471 e. The zero-order chi connectivity index (χ0) is 15.6. The van der Waals surface area contributed by atoms with E-state index in [-0.39, 0.29) is 32.0 Å². The van der Waals surface area contributed by atoms with Gasteiger partial charge >= 0.3 is 12.1 Å². The standard InChI is InChI=1S/C14H15F4NO2/c15-11-3-1-2-9(6-11)12-4-5-19(7-10(12)8-20)13(21)14(16,17)18/h1-3,6,10,12,20H,4-5,7-8H2/t10-,12-/m1/s1. The molecule has 0 spiro atoms. The molecular weight excluding hydrogens is 290 g/mol. The van der Waals surface area contributed by atoms with Gasteiger partial charge in [0, 0.05) is 25.6 Å². The SMILES string of the molecule is O=C(N1CC[C@H](c2cccc(F)c2)[C@@H](CO)C1)C(F)(F)F. The quantitative estimate of drug-likeness (QED) is 0.852. The first kappa shape index (κ1) is 15.8. The van der Waals surface area contributed by atoms with E-state index < -0.39 is 23.8 Å². The van der Waals surface area contributed by atoms with Crippen molar-refractivity contribution in [2.24, 2.45) is 5.92 Å². The van der Waals surface area contributed by atoms with Crippen LogP contribution in [0.1, 0.15) is 17.9 Å². The molecule has 0 saturated carbocycles. The summed E-state index contributed by atoms with van der Waals surface area (Å²) in [6, 6.07) is 5.79. The Morgan fingerprint density at radius 1 is 1.38 bits per heavy atom. The molecule has 2 rings (SSSR count). The Labute approximate surface area is 119 Å². The number of nitrogens with zero attached hydrogens (tertiary/aromatic N) is 1. The highest BCUT2D eigenvalue weighted by Crippen LogP contribution is 2.34. The number of aliphatic hydroxyl groups excluding tert-OH is 1. The van der Waals surface area contributed by atoms with E-state index >= 15 is 0 Å². The number of carbonyl (C=O) groups is 1. The molecule has 0 aliphatic carbocycles. The molecule has 1 N–H and O–H groups in total. The summed E-state index contributed by atoms with van der Waals surface area (Å²) in [6.45, 7) is -0.602. The highest BCUT2D eigenvalue weighted by Gasteiger charge is 2.45. The number of benzene rings is 1. The van der Waals surface area contributed by atoms with Gasteiger partial charge in [-0.2, -0.15) is 13.2 Å². The predicted octanol–water partition coefficient (Wildman–Crippen LogP) is 2.31. The van der Waals surface area contributed by atoms with Crippen LogP contribution in [0.4, 0.5) is 17.6 Å². The summed E-state index contributed by atoms with van der Waals surface area (Å²) in [5, 5.41) is 9.38. The molecule has 1 fully saturated rings. The second-order valence-corrected chi connectivity index (χ2v) is 5.14. The number of alkyl halides is 3. The summed E-state index contributed by atoms with van der Waals surface area (Å²) >= 11 is 0. The minimum absolute atomic E-state index is 0.0595. The molecule has 116 valence electrons. The van der Waals surface area contributed by atoms with Gasteiger partial charge in [-0.05, 0) is 30.0 Å². The summed E-state index contributed by atoms with van der Waals surface area (Å²) < 4.78 is 50.5. The lowest BCUT2D eigenvalue weighted by Crippen LogP contribution is -2.49. The van der Waals surface area contributed by atoms with Gasteiger partial charge in [0.1, 0.15) is 5.82 Å². The smallest absolute Gasteiger partial charge is 0.396 e. The van der Waals surface area contributed by atoms with Crippen LogP contribution >= 0.6 is 0 Å². The first-order valence-corrected chi connectivity index (χ1v) is 6.55. The molecule has 2 atom stereocenters. The average Bonchev–Trinajstić information content (AvgIpc) is 2.44. The lowest BCUT2D eigenvalue weighted by molar-refractivity contribution is -0.187. The van der Waals surface area contributed by atoms with Gasteiger partial charge in [0.2, 0.25) is 0 Å². The van der Waals surface area contributed by atoms with Gasteiger partial charge in [-0.15, -0.1) is 0 Å². The van der Waals surface area contributed by atoms with Crippen LogP contribution in [0, 0.1) is 11.7 Å². The van der Waals surface area contributed by atoms with Crippen molar-refractivity contribution < 1.29 is 27.5 Å². The Morgan fingerprint density at radius 3 is 2.67 bits per heavy atom. The van der Waals surface area contributed by atoms with Gasteiger partial charge in [0.05, 0.1) is 0 Å². The van der Waals surface area contributed by atoms with Gasteiger partial charge < -0.3 is 10.0 Å². The maximum absolute atomic E-state index is 13.2. The van der Waals surface area contributed by atoms with Crippen molar-refractivity contribution in [2.45, 2.75) is 18.5 Å². The van der Waals surface area contributed by atoms with Crippen LogP contribution in [0.3, 0.4) is 0 Å². The number of piperidine rings is 1. The van der Waals surface area contributed by atoms with Crippen LogP contribution < -0.4 is 0 Å². The third kappa shape index (κ3) is 3.53. The molecule has 3 nitrogen and oxygen atoms in total. The van der Waals surface area contributed by atoms with Gasteiger partial charge in [-0.3, -0.25) is 4.79 Å². The van der Waals surface area contributed by atoms with Crippen molar-refractivity contribution in [1.82, 2.24) is 4.90 Å². The van der Waals surface area contributed by atoms with Crippen LogP contribution in [0.25, 0.3) is 0 Å². The number of hydrogen-bond donors (Lipinski definition) is 1. The minimum Gasteiger partial charge on any atom is -0.396 e. The lowest BCUT2D eigenvalue weighted by Gasteiger charge is -2.38. The van der Waals surface area contributed by atoms with E-state index in [4.69, 9.17) is 0 Å². The van der Waals surface area contributed by atoms with Crippen LogP contribution in [-0.2, 0) is 4.79 Å². The van der Waals surface area contributed by atoms with E-state index in [0.29, 0.717) is 10.5 Å². The highest BCUT2D eigenvalue weighted by atomic mass is 19.4. The van der Waals surface area contributed by atoms with Crippen LogP contribution in [0.15, 0.2) is 24.3 Å². The first-order valence-electron chi connectivity index (χ1n) is 6.55. The molecule has 1 aromatic carbocycles. The van der Waals surface area contributed by atoms with Crippen molar-refractivity contribution >= 4 is 5.91 Å². The Balaban J connectivity index is 2.14. The van der Waals surface area contributed by atoms with Crippen molar-refractivity contribution in [3.8, 4) is 0 Å². The first-order chi connectivity index (χ1) is 9.82. The van der Waals surface area contributed by atoms with E-state index in [0.717, 1.165) is 0 Å². The maximum Gasteiger partial charge on any atom is 0.471 e. The van der Waals surface area contributed by atoms with Crippen molar-refractivity contribution in [3.63, 3.8) is 0 Å². The third-order valence-corrected chi connectivity index (χ3v) is 3.78. The van der Waals surface area contributed by atoms with E-state index in [2.05, 4.69) is 0 Å². The summed E-state index contributed by atoms with van der Waals surface area (Å²) in [5.41, 5.74) is 0.633. The summed E-state index contributed by atoms with van der Waals surface area (Å²) in [5.74, 6) is -3.12. The van der Waals surface area contributed by atoms with E-state index in [1.165, 1.54) is 18.2 Å². The summed E-state index contributed by atoms with van der Waals surface area (Å²) in [4.78, 5) is 11.9. The summed E-state index contributed by atoms with van der Waals surface area (Å²) in [7, 11) is 0. The molecule has 1 heterocycles. The number of rotatable bonds is 2. The van der Waals surface area contributed by atoms with Gasteiger partial charge in [-0.25, -0.2) is 4.39 Å². The van der Waals surface area contributed by atoms with E-state index in [1.54, 1.807) is 6.07 Å². The molecule has 0 radical (unpaired) electrons. The molecule has 1 aliphatic rings. The zero-order valence-electron chi connectivity index (χ0n) is 11.1. The Morgan fingerprint density at radius 2 is 2.10 bits per heavy atom. The second kappa shape index (κ2) is 6.01. The predicted molar refractivity (Wildman–Crippen MR) is 67.0 cm³/mol. The average molecular weight is 305 g/mol. The molecule has 0 aromatic heterocycles. The topological polar surface area (TPSA) is 40.5 Å². The molecular formula is C14H15F4NO2. The number of aliphatic hydroxyl groups is 1. The highest BCUT2D eigenvalue weighted by molar-refractivity contribution is 5.82. The fourth-order valence-corrected chi connectivity index (χ4v) is 2.76. The molecule has 1 aliphatic heterocycles. The molecule has 1 amide bonds. The summed E-state index contributed by atoms with van der Waals surface area (Å²) in [6.07, 6.45) is -4.65. The molecule has 1 aromatic rings. The number of carbonyl (C=O) groups excluding carboxylic acids is 1. The molecule has 0 unspecified atom stereocenters. The van der Waals surface area contributed by atoms with Crippen LogP contribution in [0.5, 0.6) is 0 Å². The molecule has 0 bridgehead atoms. The Hall–Kier alpha value is -1.63. The second-order valence-electron chi connectivity index (χ2n) is 5.14. The molecule has 21 heavy (non-hydrogen) atoms.